The third kappa shape index (κ3) is 3.29. The van der Waals surface area contributed by atoms with Gasteiger partial charge in [0.05, 0.1) is 23.6 Å². The molecule has 0 spiro atoms. The van der Waals surface area contributed by atoms with Crippen LogP contribution in [0.1, 0.15) is 5.76 Å². The Morgan fingerprint density at radius 2 is 2.23 bits per heavy atom. The predicted octanol–water partition coefficient (Wildman–Crippen LogP) is 2.44. The van der Waals surface area contributed by atoms with Gasteiger partial charge < -0.3 is 8.98 Å². The van der Waals surface area contributed by atoms with Crippen LogP contribution >= 0.6 is 0 Å². The van der Waals surface area contributed by atoms with Crippen molar-refractivity contribution in [3.8, 4) is 0 Å². The average molecular weight is 294 g/mol. The second-order valence-electron chi connectivity index (χ2n) is 4.55. The van der Waals surface area contributed by atoms with Crippen molar-refractivity contribution >= 4 is 29.2 Å². The zero-order chi connectivity index (χ0) is 15.2. The standard InChI is InChI=1S/C16H14N4O2/c21-16(19-18-9-3-5-13-6-4-10-22-13)11-20-12-17-14-7-1-2-8-15(14)20/h1-10,12H,11H2,(H,19,21)/b5-3-,18-9+. The van der Waals surface area contributed by atoms with Crippen LogP contribution in [0.2, 0.25) is 0 Å². The second kappa shape index (κ2) is 6.53. The van der Waals surface area contributed by atoms with Crippen LogP contribution in [0.25, 0.3) is 17.1 Å². The largest absolute Gasteiger partial charge is 0.465 e. The van der Waals surface area contributed by atoms with Crippen LogP contribution in [0.3, 0.4) is 0 Å². The molecule has 0 atom stereocenters. The van der Waals surface area contributed by atoms with Gasteiger partial charge in [-0.1, -0.05) is 12.1 Å². The molecule has 0 radical (unpaired) electrons. The summed E-state index contributed by atoms with van der Waals surface area (Å²) in [6, 6.07) is 11.3. The monoisotopic (exact) mass is 294 g/mol. The van der Waals surface area contributed by atoms with Gasteiger partial charge in [0.1, 0.15) is 12.3 Å². The van der Waals surface area contributed by atoms with Crippen molar-refractivity contribution in [2.24, 2.45) is 5.10 Å². The molecule has 0 fully saturated rings. The fourth-order valence-electron chi connectivity index (χ4n) is 2.00. The maximum Gasteiger partial charge on any atom is 0.260 e. The third-order valence-electron chi connectivity index (χ3n) is 2.99. The Morgan fingerprint density at radius 1 is 1.32 bits per heavy atom. The number of imidazole rings is 1. The van der Waals surface area contributed by atoms with Gasteiger partial charge in [0.15, 0.2) is 0 Å². The van der Waals surface area contributed by atoms with Gasteiger partial charge >= 0.3 is 0 Å². The summed E-state index contributed by atoms with van der Waals surface area (Å²) in [4.78, 5) is 16.1. The number of hydrogen-bond donors (Lipinski definition) is 1. The van der Waals surface area contributed by atoms with Crippen LogP contribution in [0.5, 0.6) is 0 Å². The molecular formula is C16H14N4O2. The van der Waals surface area contributed by atoms with Crippen LogP contribution in [0.15, 0.2) is 64.6 Å². The Morgan fingerprint density at radius 3 is 3.09 bits per heavy atom. The first-order valence-electron chi connectivity index (χ1n) is 6.75. The number of furan rings is 1. The summed E-state index contributed by atoms with van der Waals surface area (Å²) < 4.78 is 6.90. The number of benzene rings is 1. The van der Waals surface area contributed by atoms with Gasteiger partial charge in [-0.2, -0.15) is 5.10 Å². The molecule has 22 heavy (non-hydrogen) atoms. The quantitative estimate of drug-likeness (QED) is 0.580. The second-order valence-corrected chi connectivity index (χ2v) is 4.55. The molecule has 0 saturated carbocycles. The zero-order valence-corrected chi connectivity index (χ0v) is 11.7. The van der Waals surface area contributed by atoms with E-state index >= 15 is 0 Å². The van der Waals surface area contributed by atoms with Gasteiger partial charge in [-0.3, -0.25) is 4.79 Å². The van der Waals surface area contributed by atoms with E-state index in [2.05, 4.69) is 15.5 Å². The van der Waals surface area contributed by atoms with E-state index in [1.807, 2.05) is 30.3 Å². The molecule has 0 saturated heterocycles. The highest BCUT2D eigenvalue weighted by Gasteiger charge is 2.05. The molecule has 6 nitrogen and oxygen atoms in total. The molecule has 1 aromatic carbocycles. The molecule has 3 aromatic rings. The van der Waals surface area contributed by atoms with Gasteiger partial charge in [-0.25, -0.2) is 10.4 Å². The number of aromatic nitrogens is 2. The average Bonchev–Trinajstić information content (AvgIpc) is 3.17. The van der Waals surface area contributed by atoms with Crippen LogP contribution in [0, 0.1) is 0 Å². The Hall–Kier alpha value is -3.15. The Balaban J connectivity index is 1.54. The van der Waals surface area contributed by atoms with E-state index in [0.29, 0.717) is 0 Å². The van der Waals surface area contributed by atoms with E-state index in [4.69, 9.17) is 4.42 Å². The lowest BCUT2D eigenvalue weighted by Crippen LogP contribution is -2.22. The van der Waals surface area contributed by atoms with Crippen LogP contribution in [0.4, 0.5) is 0 Å². The molecule has 2 heterocycles. The summed E-state index contributed by atoms with van der Waals surface area (Å²) in [6.45, 7) is 0.166. The number of amides is 1. The first kappa shape index (κ1) is 13.8. The molecule has 0 aliphatic rings. The lowest BCUT2D eigenvalue weighted by Gasteiger charge is -2.02. The number of carbonyl (C=O) groups is 1. The number of allylic oxidation sites excluding steroid dienone is 1. The minimum Gasteiger partial charge on any atom is -0.465 e. The number of carbonyl (C=O) groups excluding carboxylic acids is 1. The minimum atomic E-state index is -0.217. The summed E-state index contributed by atoms with van der Waals surface area (Å²) in [6.07, 6.45) is 8.16. The molecule has 3 rings (SSSR count). The molecule has 0 aliphatic carbocycles. The van der Waals surface area contributed by atoms with Crippen molar-refractivity contribution in [1.29, 1.82) is 0 Å². The normalized spacial score (nSPS) is 11.6. The molecule has 1 amide bonds. The fraction of sp³-hybridized carbons (Fsp3) is 0.0625. The molecule has 0 aliphatic heterocycles. The van der Waals surface area contributed by atoms with Gasteiger partial charge in [0.25, 0.3) is 5.91 Å². The summed E-state index contributed by atoms with van der Waals surface area (Å²) in [5.74, 6) is 0.508. The summed E-state index contributed by atoms with van der Waals surface area (Å²) in [5, 5.41) is 3.84. The summed E-state index contributed by atoms with van der Waals surface area (Å²) >= 11 is 0. The zero-order valence-electron chi connectivity index (χ0n) is 11.7. The highest BCUT2D eigenvalue weighted by Crippen LogP contribution is 2.11. The van der Waals surface area contributed by atoms with Gasteiger partial charge in [-0.15, -0.1) is 0 Å². The molecule has 6 heteroatoms. The Kier molecular flexibility index (Phi) is 4.10. The van der Waals surface area contributed by atoms with Crippen molar-refractivity contribution in [3.05, 3.63) is 60.8 Å². The fourth-order valence-corrected chi connectivity index (χ4v) is 2.00. The van der Waals surface area contributed by atoms with E-state index in [1.54, 1.807) is 35.4 Å². The molecule has 2 aromatic heterocycles. The highest BCUT2D eigenvalue weighted by atomic mass is 16.3. The van der Waals surface area contributed by atoms with Gasteiger partial charge in [0, 0.05) is 6.21 Å². The van der Waals surface area contributed by atoms with Crippen LogP contribution in [-0.4, -0.2) is 21.7 Å². The van der Waals surface area contributed by atoms with Gasteiger partial charge in [-0.05, 0) is 36.4 Å². The Labute approximate surface area is 126 Å². The number of para-hydroxylation sites is 2. The number of nitrogens with one attached hydrogen (secondary N) is 1. The topological polar surface area (TPSA) is 72.4 Å². The lowest BCUT2D eigenvalue weighted by atomic mass is 10.3. The minimum absolute atomic E-state index is 0.166. The predicted molar refractivity (Wildman–Crippen MR) is 84.1 cm³/mol. The number of rotatable bonds is 5. The van der Waals surface area contributed by atoms with Crippen LogP contribution in [-0.2, 0) is 11.3 Å². The maximum absolute atomic E-state index is 11.8. The van der Waals surface area contributed by atoms with E-state index in [-0.39, 0.29) is 12.5 Å². The number of nitrogens with zero attached hydrogens (tertiary/aromatic N) is 3. The lowest BCUT2D eigenvalue weighted by molar-refractivity contribution is -0.121. The molecule has 0 unspecified atom stereocenters. The van der Waals surface area contributed by atoms with Crippen molar-refractivity contribution in [1.82, 2.24) is 15.0 Å². The van der Waals surface area contributed by atoms with Crippen molar-refractivity contribution in [2.75, 3.05) is 0 Å². The van der Waals surface area contributed by atoms with Gasteiger partial charge in [0.2, 0.25) is 0 Å². The number of hydrazone groups is 1. The first-order chi connectivity index (χ1) is 10.8. The molecule has 0 bridgehead atoms. The number of hydrogen-bond acceptors (Lipinski definition) is 4. The van der Waals surface area contributed by atoms with Crippen molar-refractivity contribution < 1.29 is 9.21 Å². The van der Waals surface area contributed by atoms with E-state index in [1.165, 1.54) is 6.21 Å². The molecular weight excluding hydrogens is 280 g/mol. The smallest absolute Gasteiger partial charge is 0.260 e. The third-order valence-corrected chi connectivity index (χ3v) is 2.99. The van der Waals surface area contributed by atoms with E-state index < -0.39 is 0 Å². The molecule has 1 N–H and O–H groups in total. The molecule has 110 valence electrons. The number of fused-ring (bicyclic) bond motifs is 1. The van der Waals surface area contributed by atoms with E-state index in [0.717, 1.165) is 16.8 Å². The Bertz CT molecular complexity index is 816. The SMILES string of the molecule is O=C(Cn1cnc2ccccc21)N/N=C/C=C\c1ccco1. The summed E-state index contributed by atoms with van der Waals surface area (Å²) in [7, 11) is 0. The van der Waals surface area contributed by atoms with Crippen LogP contribution < -0.4 is 5.43 Å². The van der Waals surface area contributed by atoms with Crippen molar-refractivity contribution in [3.63, 3.8) is 0 Å². The summed E-state index contributed by atoms with van der Waals surface area (Å²) in [5.41, 5.74) is 4.24. The highest BCUT2D eigenvalue weighted by molar-refractivity contribution is 5.82. The first-order valence-corrected chi connectivity index (χ1v) is 6.75. The maximum atomic E-state index is 11.8. The van der Waals surface area contributed by atoms with E-state index in [9.17, 15) is 4.79 Å². The van der Waals surface area contributed by atoms with Crippen molar-refractivity contribution in [2.45, 2.75) is 6.54 Å².